The molecule has 3 amide bonds. The quantitative estimate of drug-likeness (QED) is 0.738. The van der Waals surface area contributed by atoms with Gasteiger partial charge < -0.3 is 19.8 Å². The molecule has 2 aliphatic heterocycles. The van der Waals surface area contributed by atoms with Crippen LogP contribution in [0.2, 0.25) is 0 Å². The molecule has 2 rings (SSSR count). The zero-order chi connectivity index (χ0) is 14.7. The van der Waals surface area contributed by atoms with E-state index in [0.29, 0.717) is 45.7 Å². The van der Waals surface area contributed by atoms with Crippen LogP contribution in [-0.4, -0.2) is 77.0 Å². The smallest absolute Gasteiger partial charge is 0.320 e. The number of amides is 3. The van der Waals surface area contributed by atoms with Gasteiger partial charge in [-0.25, -0.2) is 4.79 Å². The van der Waals surface area contributed by atoms with E-state index in [0.717, 1.165) is 6.42 Å². The minimum atomic E-state index is -0.834. The molecule has 0 aliphatic carbocycles. The number of rotatable bonds is 1. The van der Waals surface area contributed by atoms with Crippen LogP contribution in [0.4, 0.5) is 4.79 Å². The molecule has 2 aliphatic rings. The zero-order valence-electron chi connectivity index (χ0n) is 11.7. The fourth-order valence-electron chi connectivity index (χ4n) is 2.76. The van der Waals surface area contributed by atoms with E-state index in [-0.39, 0.29) is 11.9 Å². The van der Waals surface area contributed by atoms with E-state index >= 15 is 0 Å². The number of likely N-dealkylation sites (tertiary alicyclic amines) is 1. The van der Waals surface area contributed by atoms with Crippen molar-refractivity contribution in [3.05, 3.63) is 0 Å². The lowest BCUT2D eigenvalue weighted by Gasteiger charge is -2.27. The summed E-state index contributed by atoms with van der Waals surface area (Å²) in [7, 11) is 0. The van der Waals surface area contributed by atoms with Gasteiger partial charge in [-0.15, -0.1) is 0 Å². The van der Waals surface area contributed by atoms with Gasteiger partial charge in [-0.2, -0.15) is 0 Å². The second-order valence-corrected chi connectivity index (χ2v) is 5.40. The van der Waals surface area contributed by atoms with Crippen LogP contribution < -0.4 is 0 Å². The SMILES string of the molecule is CC(=O)N1CCCN(C(=O)N2CCC(C(=O)O)C2)CC1. The molecule has 0 bridgehead atoms. The Kier molecular flexibility index (Phi) is 4.46. The molecule has 1 unspecified atom stereocenters. The summed E-state index contributed by atoms with van der Waals surface area (Å²) in [6, 6.07) is -0.0980. The molecule has 2 heterocycles. The maximum Gasteiger partial charge on any atom is 0.320 e. The van der Waals surface area contributed by atoms with Crippen LogP contribution in [-0.2, 0) is 9.59 Å². The highest BCUT2D eigenvalue weighted by Crippen LogP contribution is 2.18. The van der Waals surface area contributed by atoms with Gasteiger partial charge in [-0.05, 0) is 12.8 Å². The highest BCUT2D eigenvalue weighted by Gasteiger charge is 2.33. The van der Waals surface area contributed by atoms with Gasteiger partial charge in [0.25, 0.3) is 0 Å². The van der Waals surface area contributed by atoms with Crippen molar-refractivity contribution < 1.29 is 19.5 Å². The van der Waals surface area contributed by atoms with Crippen LogP contribution in [0.15, 0.2) is 0 Å². The third-order valence-corrected chi connectivity index (χ3v) is 4.02. The maximum atomic E-state index is 12.4. The molecule has 7 nitrogen and oxygen atoms in total. The molecular weight excluding hydrogens is 262 g/mol. The van der Waals surface area contributed by atoms with Gasteiger partial charge in [0.2, 0.25) is 5.91 Å². The third kappa shape index (κ3) is 3.20. The highest BCUT2D eigenvalue weighted by atomic mass is 16.4. The first-order valence-electron chi connectivity index (χ1n) is 7.01. The first-order valence-corrected chi connectivity index (χ1v) is 7.01. The molecule has 0 spiro atoms. The summed E-state index contributed by atoms with van der Waals surface area (Å²) < 4.78 is 0. The molecule has 0 aromatic rings. The highest BCUT2D eigenvalue weighted by molar-refractivity contribution is 5.78. The number of carboxylic acid groups (broad SMARTS) is 1. The molecule has 7 heteroatoms. The van der Waals surface area contributed by atoms with Crippen LogP contribution in [0, 0.1) is 5.92 Å². The molecule has 1 N–H and O–H groups in total. The first-order chi connectivity index (χ1) is 9.49. The molecule has 0 radical (unpaired) electrons. The topological polar surface area (TPSA) is 81.2 Å². The van der Waals surface area contributed by atoms with Gasteiger partial charge in [0.05, 0.1) is 5.92 Å². The number of carbonyl (C=O) groups is 3. The predicted octanol–water partition coefficient (Wildman–Crippen LogP) is 0.0671. The van der Waals surface area contributed by atoms with Gasteiger partial charge in [0.15, 0.2) is 0 Å². The molecule has 1 atom stereocenters. The van der Waals surface area contributed by atoms with E-state index in [1.807, 2.05) is 0 Å². The van der Waals surface area contributed by atoms with Gasteiger partial charge in [-0.1, -0.05) is 0 Å². The van der Waals surface area contributed by atoms with E-state index in [2.05, 4.69) is 0 Å². The summed E-state index contributed by atoms with van der Waals surface area (Å²) in [5.74, 6) is -1.25. The van der Waals surface area contributed by atoms with Crippen molar-refractivity contribution >= 4 is 17.9 Å². The second kappa shape index (κ2) is 6.11. The lowest BCUT2D eigenvalue weighted by Crippen LogP contribution is -2.44. The van der Waals surface area contributed by atoms with Crippen molar-refractivity contribution in [3.63, 3.8) is 0 Å². The Hall–Kier alpha value is -1.79. The molecule has 112 valence electrons. The fourth-order valence-corrected chi connectivity index (χ4v) is 2.76. The van der Waals surface area contributed by atoms with Crippen molar-refractivity contribution in [3.8, 4) is 0 Å². The molecule has 0 saturated carbocycles. The Labute approximate surface area is 118 Å². The Morgan fingerprint density at radius 1 is 0.950 bits per heavy atom. The predicted molar refractivity (Wildman–Crippen MR) is 71.2 cm³/mol. The van der Waals surface area contributed by atoms with Crippen LogP contribution >= 0.6 is 0 Å². The van der Waals surface area contributed by atoms with Crippen molar-refractivity contribution in [2.45, 2.75) is 19.8 Å². The average molecular weight is 283 g/mol. The number of hydrogen-bond acceptors (Lipinski definition) is 3. The van der Waals surface area contributed by atoms with E-state index < -0.39 is 11.9 Å². The van der Waals surface area contributed by atoms with Crippen LogP contribution in [0.25, 0.3) is 0 Å². The van der Waals surface area contributed by atoms with E-state index in [1.165, 1.54) is 6.92 Å². The fraction of sp³-hybridized carbons (Fsp3) is 0.769. The minimum absolute atomic E-state index is 0.0337. The summed E-state index contributed by atoms with van der Waals surface area (Å²) in [4.78, 5) is 39.7. The van der Waals surface area contributed by atoms with Gasteiger partial charge in [0, 0.05) is 46.2 Å². The molecule has 0 aromatic heterocycles. The number of hydrogen-bond donors (Lipinski definition) is 1. The second-order valence-electron chi connectivity index (χ2n) is 5.40. The Balaban J connectivity index is 1.90. The van der Waals surface area contributed by atoms with Crippen molar-refractivity contribution in [1.29, 1.82) is 0 Å². The van der Waals surface area contributed by atoms with Gasteiger partial charge in [0.1, 0.15) is 0 Å². The number of carbonyl (C=O) groups excluding carboxylic acids is 2. The van der Waals surface area contributed by atoms with Gasteiger partial charge >= 0.3 is 12.0 Å². The summed E-state index contributed by atoms with van der Waals surface area (Å²) in [6.07, 6.45) is 1.29. The van der Waals surface area contributed by atoms with Crippen LogP contribution in [0.5, 0.6) is 0 Å². The standard InChI is InChI=1S/C13H21N3O4/c1-10(17)14-4-2-5-15(8-7-14)13(20)16-6-3-11(9-16)12(18)19/h11H,2-9H2,1H3,(H,18,19). The first kappa shape index (κ1) is 14.6. The van der Waals surface area contributed by atoms with Crippen molar-refractivity contribution in [1.82, 2.24) is 14.7 Å². The Morgan fingerprint density at radius 3 is 2.20 bits per heavy atom. The maximum absolute atomic E-state index is 12.4. The monoisotopic (exact) mass is 283 g/mol. The number of urea groups is 1. The normalized spacial score (nSPS) is 23.6. The molecule has 2 fully saturated rings. The van der Waals surface area contributed by atoms with Crippen molar-refractivity contribution in [2.75, 3.05) is 39.3 Å². The Bertz CT molecular complexity index is 412. The number of carboxylic acids is 1. The van der Waals surface area contributed by atoms with E-state index in [1.54, 1.807) is 14.7 Å². The lowest BCUT2D eigenvalue weighted by molar-refractivity contribution is -0.141. The van der Waals surface area contributed by atoms with Crippen LogP contribution in [0.1, 0.15) is 19.8 Å². The van der Waals surface area contributed by atoms with Crippen LogP contribution in [0.3, 0.4) is 0 Å². The molecule has 0 aromatic carbocycles. The molecule has 2 saturated heterocycles. The van der Waals surface area contributed by atoms with Gasteiger partial charge in [-0.3, -0.25) is 9.59 Å². The third-order valence-electron chi connectivity index (χ3n) is 4.02. The minimum Gasteiger partial charge on any atom is -0.481 e. The van der Waals surface area contributed by atoms with Crippen molar-refractivity contribution in [2.24, 2.45) is 5.92 Å². The summed E-state index contributed by atoms with van der Waals surface area (Å²) >= 11 is 0. The Morgan fingerprint density at radius 2 is 1.60 bits per heavy atom. The number of aliphatic carboxylic acids is 1. The van der Waals surface area contributed by atoms with E-state index in [4.69, 9.17) is 5.11 Å². The average Bonchev–Trinajstić information content (AvgIpc) is 2.76. The molecule has 20 heavy (non-hydrogen) atoms. The number of nitrogens with zero attached hydrogens (tertiary/aromatic N) is 3. The summed E-state index contributed by atoms with van der Waals surface area (Å²) in [5.41, 5.74) is 0. The zero-order valence-corrected chi connectivity index (χ0v) is 11.7. The lowest BCUT2D eigenvalue weighted by atomic mass is 10.1. The summed E-state index contributed by atoms with van der Waals surface area (Å²) in [5, 5.41) is 8.97. The summed E-state index contributed by atoms with van der Waals surface area (Å²) in [6.45, 7) is 4.71. The largest absolute Gasteiger partial charge is 0.481 e. The molecular formula is C13H21N3O4. The van der Waals surface area contributed by atoms with E-state index in [9.17, 15) is 14.4 Å².